The SMILES string of the molecule is NNc1ncc(Br)c(Sc2cccs2)n1. The number of aromatic nitrogens is 2. The highest BCUT2D eigenvalue weighted by molar-refractivity contribution is 9.10. The van der Waals surface area contributed by atoms with Gasteiger partial charge in [0.15, 0.2) is 0 Å². The number of nitrogens with zero attached hydrogens (tertiary/aromatic N) is 2. The summed E-state index contributed by atoms with van der Waals surface area (Å²) >= 11 is 6.64. The molecule has 0 spiro atoms. The number of halogens is 1. The van der Waals surface area contributed by atoms with Crippen molar-refractivity contribution in [2.24, 2.45) is 5.84 Å². The molecular formula is C8H7BrN4S2. The van der Waals surface area contributed by atoms with Gasteiger partial charge in [-0.05, 0) is 27.4 Å². The summed E-state index contributed by atoms with van der Waals surface area (Å²) in [7, 11) is 0. The van der Waals surface area contributed by atoms with Gasteiger partial charge < -0.3 is 0 Å². The van der Waals surface area contributed by atoms with Gasteiger partial charge in [-0.25, -0.2) is 15.8 Å². The molecule has 0 aliphatic carbocycles. The van der Waals surface area contributed by atoms with Crippen LogP contribution in [-0.4, -0.2) is 9.97 Å². The summed E-state index contributed by atoms with van der Waals surface area (Å²) in [5.41, 5.74) is 2.42. The summed E-state index contributed by atoms with van der Waals surface area (Å²) in [4.78, 5) is 8.22. The monoisotopic (exact) mass is 302 g/mol. The largest absolute Gasteiger partial charge is 0.292 e. The third-order valence-electron chi connectivity index (χ3n) is 1.53. The molecule has 2 heterocycles. The molecule has 0 fully saturated rings. The van der Waals surface area contributed by atoms with Crippen LogP contribution in [0.3, 0.4) is 0 Å². The fourth-order valence-electron chi connectivity index (χ4n) is 0.909. The summed E-state index contributed by atoms with van der Waals surface area (Å²) in [6, 6.07) is 4.05. The minimum absolute atomic E-state index is 0.414. The van der Waals surface area contributed by atoms with Crippen molar-refractivity contribution < 1.29 is 0 Å². The Morgan fingerprint density at radius 3 is 3.07 bits per heavy atom. The molecule has 2 aromatic rings. The van der Waals surface area contributed by atoms with Crippen LogP contribution in [0.4, 0.5) is 5.95 Å². The molecule has 0 radical (unpaired) electrons. The molecule has 2 aromatic heterocycles. The van der Waals surface area contributed by atoms with Crippen LogP contribution >= 0.6 is 39.0 Å². The molecule has 0 aliphatic rings. The van der Waals surface area contributed by atoms with Gasteiger partial charge in [-0.15, -0.1) is 11.3 Å². The summed E-state index contributed by atoms with van der Waals surface area (Å²) in [5.74, 6) is 5.66. The number of nitrogen functional groups attached to an aromatic ring is 1. The van der Waals surface area contributed by atoms with Gasteiger partial charge in [-0.2, -0.15) is 0 Å². The Hall–Kier alpha value is -0.630. The lowest BCUT2D eigenvalue weighted by Crippen LogP contribution is -2.10. The second-order valence-electron chi connectivity index (χ2n) is 2.53. The maximum absolute atomic E-state index is 5.25. The maximum atomic E-state index is 5.25. The third kappa shape index (κ3) is 2.69. The normalized spacial score (nSPS) is 10.3. The zero-order valence-corrected chi connectivity index (χ0v) is 10.7. The van der Waals surface area contributed by atoms with Crippen LogP contribution in [0.2, 0.25) is 0 Å². The van der Waals surface area contributed by atoms with E-state index in [-0.39, 0.29) is 0 Å². The predicted octanol–water partition coefficient (Wildman–Crippen LogP) is 2.74. The first-order valence-corrected chi connectivity index (χ1v) is 6.49. The summed E-state index contributed by atoms with van der Waals surface area (Å²) in [6.07, 6.45) is 1.68. The van der Waals surface area contributed by atoms with Crippen LogP contribution < -0.4 is 11.3 Å². The van der Waals surface area contributed by atoms with Crippen LogP contribution in [0.15, 0.2) is 37.4 Å². The average molecular weight is 303 g/mol. The molecule has 0 unspecified atom stereocenters. The van der Waals surface area contributed by atoms with Crippen LogP contribution in [0.5, 0.6) is 0 Å². The van der Waals surface area contributed by atoms with Crippen LogP contribution in [0.25, 0.3) is 0 Å². The number of thiophene rings is 1. The molecule has 0 saturated heterocycles. The zero-order valence-electron chi connectivity index (χ0n) is 7.48. The Labute approximate surface area is 103 Å². The molecule has 0 aromatic carbocycles. The Balaban J connectivity index is 2.27. The third-order valence-corrected chi connectivity index (χ3v) is 4.42. The summed E-state index contributed by atoms with van der Waals surface area (Å²) in [6.45, 7) is 0. The van der Waals surface area contributed by atoms with Gasteiger partial charge in [0.05, 0.1) is 8.68 Å². The highest BCUT2D eigenvalue weighted by atomic mass is 79.9. The fourth-order valence-corrected chi connectivity index (χ4v) is 3.01. The van der Waals surface area contributed by atoms with E-state index in [4.69, 9.17) is 5.84 Å². The molecule has 15 heavy (non-hydrogen) atoms. The molecule has 0 saturated carbocycles. The van der Waals surface area contributed by atoms with E-state index >= 15 is 0 Å². The van der Waals surface area contributed by atoms with Crippen molar-refractivity contribution in [3.8, 4) is 0 Å². The van der Waals surface area contributed by atoms with Crippen molar-refractivity contribution >= 4 is 45.0 Å². The van der Waals surface area contributed by atoms with Gasteiger partial charge in [0, 0.05) is 6.20 Å². The van der Waals surface area contributed by atoms with Crippen LogP contribution in [0.1, 0.15) is 0 Å². The van der Waals surface area contributed by atoms with E-state index in [1.165, 1.54) is 4.21 Å². The number of rotatable bonds is 3. The van der Waals surface area contributed by atoms with Gasteiger partial charge in [-0.3, -0.25) is 5.43 Å². The van der Waals surface area contributed by atoms with E-state index in [0.717, 1.165) is 9.50 Å². The van der Waals surface area contributed by atoms with E-state index in [2.05, 4.69) is 31.3 Å². The molecule has 4 nitrogen and oxygen atoms in total. The van der Waals surface area contributed by atoms with Crippen LogP contribution in [0, 0.1) is 0 Å². The number of nitrogens with one attached hydrogen (secondary N) is 1. The second-order valence-corrected chi connectivity index (χ2v) is 5.62. The lowest BCUT2D eigenvalue weighted by molar-refractivity contribution is 1.01. The molecule has 0 atom stereocenters. The van der Waals surface area contributed by atoms with E-state index in [1.807, 2.05) is 17.5 Å². The van der Waals surface area contributed by atoms with Crippen molar-refractivity contribution in [1.29, 1.82) is 0 Å². The highest BCUT2D eigenvalue weighted by Crippen LogP contribution is 2.34. The van der Waals surface area contributed by atoms with E-state index in [0.29, 0.717) is 5.95 Å². The molecule has 0 amide bonds. The number of nitrogens with two attached hydrogens (primary N) is 1. The molecule has 0 aliphatic heterocycles. The van der Waals surface area contributed by atoms with E-state index < -0.39 is 0 Å². The van der Waals surface area contributed by atoms with E-state index in [1.54, 1.807) is 29.3 Å². The predicted molar refractivity (Wildman–Crippen MR) is 66.0 cm³/mol. The minimum atomic E-state index is 0.414. The molecular weight excluding hydrogens is 296 g/mol. The molecule has 3 N–H and O–H groups in total. The lowest BCUT2D eigenvalue weighted by Gasteiger charge is -2.03. The van der Waals surface area contributed by atoms with Gasteiger partial charge in [0.2, 0.25) is 5.95 Å². The van der Waals surface area contributed by atoms with Gasteiger partial charge in [0.25, 0.3) is 0 Å². The van der Waals surface area contributed by atoms with Crippen molar-refractivity contribution in [2.75, 3.05) is 5.43 Å². The standard InChI is InChI=1S/C8H7BrN4S2/c9-5-4-11-8(13-10)12-7(5)15-6-2-1-3-14-6/h1-4H,10H2,(H,11,12,13). The number of anilines is 1. The van der Waals surface area contributed by atoms with Gasteiger partial charge >= 0.3 is 0 Å². The molecule has 7 heteroatoms. The Morgan fingerprint density at radius 1 is 1.53 bits per heavy atom. The van der Waals surface area contributed by atoms with Crippen LogP contribution in [-0.2, 0) is 0 Å². The first kappa shape index (κ1) is 10.9. The summed E-state index contributed by atoms with van der Waals surface area (Å²) in [5, 5.41) is 2.87. The van der Waals surface area contributed by atoms with Crippen molar-refractivity contribution in [3.63, 3.8) is 0 Å². The minimum Gasteiger partial charge on any atom is -0.292 e. The number of hydrazine groups is 1. The Bertz CT molecular complexity index is 446. The first-order valence-electron chi connectivity index (χ1n) is 4.00. The maximum Gasteiger partial charge on any atom is 0.238 e. The van der Waals surface area contributed by atoms with Gasteiger partial charge in [-0.1, -0.05) is 17.8 Å². The van der Waals surface area contributed by atoms with E-state index in [9.17, 15) is 0 Å². The molecule has 78 valence electrons. The molecule has 2 rings (SSSR count). The first-order chi connectivity index (χ1) is 7.29. The zero-order chi connectivity index (χ0) is 10.7. The lowest BCUT2D eigenvalue weighted by atomic mass is 10.7. The Morgan fingerprint density at radius 2 is 2.40 bits per heavy atom. The van der Waals surface area contributed by atoms with Crippen molar-refractivity contribution in [2.45, 2.75) is 9.24 Å². The van der Waals surface area contributed by atoms with Gasteiger partial charge in [0.1, 0.15) is 5.03 Å². The quantitative estimate of drug-likeness (QED) is 0.518. The fraction of sp³-hybridized carbons (Fsp3) is 0. The topological polar surface area (TPSA) is 63.8 Å². The highest BCUT2D eigenvalue weighted by Gasteiger charge is 2.06. The second kappa shape index (κ2) is 4.93. The van der Waals surface area contributed by atoms with Crippen molar-refractivity contribution in [3.05, 3.63) is 28.2 Å². The number of hydrogen-bond acceptors (Lipinski definition) is 6. The average Bonchev–Trinajstić information content (AvgIpc) is 2.74. The summed E-state index contributed by atoms with van der Waals surface area (Å²) < 4.78 is 2.04. The smallest absolute Gasteiger partial charge is 0.238 e. The molecule has 0 bridgehead atoms. The van der Waals surface area contributed by atoms with Crippen molar-refractivity contribution in [1.82, 2.24) is 9.97 Å². The number of hydrogen-bond donors (Lipinski definition) is 2. The Kier molecular flexibility index (Phi) is 3.57.